The number of rotatable bonds is 11. The largest absolute Gasteiger partial charge is 0.465 e. The van der Waals surface area contributed by atoms with E-state index in [1.165, 1.54) is 11.1 Å². The van der Waals surface area contributed by atoms with Crippen molar-refractivity contribution < 1.29 is 9.53 Å². The Morgan fingerprint density at radius 1 is 0.871 bits per heavy atom. The Bertz CT molecular complexity index is 889. The Hall–Kier alpha value is -2.43. The molecule has 0 fully saturated rings. The fraction of sp³-hybridized carbons (Fsp3) is 0.296. The molecular weight excluding hydrogens is 450 g/mol. The molecule has 0 spiro atoms. The highest BCUT2D eigenvalue weighted by Crippen LogP contribution is 2.23. The van der Waals surface area contributed by atoms with Gasteiger partial charge in [0.25, 0.3) is 0 Å². The van der Waals surface area contributed by atoms with Gasteiger partial charge in [-0.25, -0.2) is 0 Å². The van der Waals surface area contributed by atoms with Crippen LogP contribution < -0.4 is 0 Å². The second-order valence-electron chi connectivity index (χ2n) is 7.71. The minimum Gasteiger partial charge on any atom is -0.465 e. The Morgan fingerprint density at radius 2 is 1.42 bits per heavy atom. The van der Waals surface area contributed by atoms with E-state index < -0.39 is 0 Å². The summed E-state index contributed by atoms with van der Waals surface area (Å²) in [6, 6.07) is 28.3. The topological polar surface area (TPSA) is 29.5 Å². The molecule has 0 aliphatic heterocycles. The van der Waals surface area contributed by atoms with Gasteiger partial charge in [0, 0.05) is 17.6 Å². The molecule has 0 unspecified atom stereocenters. The second-order valence-corrected chi connectivity index (χ2v) is 8.56. The molecule has 0 radical (unpaired) electrons. The van der Waals surface area contributed by atoms with Crippen LogP contribution in [0, 0.1) is 0 Å². The van der Waals surface area contributed by atoms with Crippen molar-refractivity contribution in [3.8, 4) is 0 Å². The van der Waals surface area contributed by atoms with E-state index in [-0.39, 0.29) is 12.0 Å². The van der Waals surface area contributed by atoms with Gasteiger partial charge in [-0.05, 0) is 35.6 Å². The summed E-state index contributed by atoms with van der Waals surface area (Å²) in [5.74, 6) is -0.156. The third-order valence-corrected chi connectivity index (χ3v) is 6.06. The summed E-state index contributed by atoms with van der Waals surface area (Å²) in [6.45, 7) is 3.91. The molecule has 0 aromatic heterocycles. The quantitative estimate of drug-likeness (QED) is 0.235. The fourth-order valence-corrected chi connectivity index (χ4v) is 4.01. The standard InChI is InChI=1S/C27H30BrNO2/c1-2-3-18-31-27(30)26(19-24-16-10-11-17-25(24)28)29(20-22-12-6-4-7-13-22)21-23-14-8-5-9-15-23/h4-17,26H,2-3,18-21H2,1H3/t26-/m0/s1. The summed E-state index contributed by atoms with van der Waals surface area (Å²) < 4.78 is 6.73. The molecule has 3 aromatic rings. The highest BCUT2D eigenvalue weighted by Gasteiger charge is 2.28. The van der Waals surface area contributed by atoms with Crippen molar-refractivity contribution in [3.63, 3.8) is 0 Å². The molecule has 0 saturated carbocycles. The van der Waals surface area contributed by atoms with Crippen LogP contribution in [-0.4, -0.2) is 23.5 Å². The molecule has 1 atom stereocenters. The lowest BCUT2D eigenvalue weighted by molar-refractivity contribution is -0.150. The van der Waals surface area contributed by atoms with Crippen LogP contribution in [0.25, 0.3) is 0 Å². The zero-order valence-corrected chi connectivity index (χ0v) is 19.6. The number of carbonyl (C=O) groups is 1. The van der Waals surface area contributed by atoms with Crippen molar-refractivity contribution >= 4 is 21.9 Å². The molecular formula is C27H30BrNO2. The van der Waals surface area contributed by atoms with Crippen LogP contribution in [0.15, 0.2) is 89.4 Å². The lowest BCUT2D eigenvalue weighted by atomic mass is 10.0. The predicted molar refractivity (Wildman–Crippen MR) is 130 cm³/mol. The van der Waals surface area contributed by atoms with Crippen molar-refractivity contribution in [2.24, 2.45) is 0 Å². The number of benzene rings is 3. The average Bonchev–Trinajstić information content (AvgIpc) is 2.79. The maximum absolute atomic E-state index is 13.3. The van der Waals surface area contributed by atoms with Crippen molar-refractivity contribution in [2.75, 3.05) is 6.61 Å². The number of nitrogens with zero attached hydrogens (tertiary/aromatic N) is 1. The summed E-state index contributed by atoms with van der Waals surface area (Å²) in [5.41, 5.74) is 3.46. The van der Waals surface area contributed by atoms with E-state index >= 15 is 0 Å². The van der Waals surface area contributed by atoms with Crippen LogP contribution in [0.1, 0.15) is 36.5 Å². The number of hydrogen-bond acceptors (Lipinski definition) is 3. The fourth-order valence-electron chi connectivity index (χ4n) is 3.56. The third kappa shape index (κ3) is 7.34. The average molecular weight is 480 g/mol. The number of carbonyl (C=O) groups excluding carboxylic acids is 1. The van der Waals surface area contributed by atoms with Crippen molar-refractivity contribution in [1.29, 1.82) is 0 Å². The first kappa shape index (κ1) is 23.2. The highest BCUT2D eigenvalue weighted by atomic mass is 79.9. The third-order valence-electron chi connectivity index (χ3n) is 5.28. The van der Waals surface area contributed by atoms with E-state index in [1.807, 2.05) is 54.6 Å². The van der Waals surface area contributed by atoms with E-state index in [0.29, 0.717) is 26.1 Å². The molecule has 0 aliphatic carbocycles. The molecule has 0 aliphatic rings. The lowest BCUT2D eigenvalue weighted by Crippen LogP contribution is -2.43. The number of hydrogen-bond donors (Lipinski definition) is 0. The number of esters is 1. The minimum absolute atomic E-state index is 0.156. The van der Waals surface area contributed by atoms with Crippen molar-refractivity contribution in [3.05, 3.63) is 106 Å². The van der Waals surface area contributed by atoms with E-state index in [0.717, 1.165) is 22.9 Å². The van der Waals surface area contributed by atoms with Crippen molar-refractivity contribution in [1.82, 2.24) is 4.90 Å². The van der Waals surface area contributed by atoms with Crippen LogP contribution >= 0.6 is 15.9 Å². The summed E-state index contributed by atoms with van der Waals surface area (Å²) >= 11 is 3.65. The first-order chi connectivity index (χ1) is 15.2. The van der Waals surface area contributed by atoms with E-state index in [2.05, 4.69) is 58.1 Å². The molecule has 162 valence electrons. The first-order valence-electron chi connectivity index (χ1n) is 10.9. The Morgan fingerprint density at radius 3 is 1.97 bits per heavy atom. The zero-order chi connectivity index (χ0) is 21.9. The van der Waals surface area contributed by atoms with Crippen molar-refractivity contribution in [2.45, 2.75) is 45.3 Å². The minimum atomic E-state index is -0.379. The molecule has 3 rings (SSSR count). The summed E-state index contributed by atoms with van der Waals surface area (Å²) in [7, 11) is 0. The second kappa shape index (κ2) is 12.4. The van der Waals surface area contributed by atoms with Gasteiger partial charge in [-0.2, -0.15) is 0 Å². The van der Waals surface area contributed by atoms with Crippen LogP contribution in [0.5, 0.6) is 0 Å². The van der Waals surface area contributed by atoms with Gasteiger partial charge >= 0.3 is 5.97 Å². The van der Waals surface area contributed by atoms with Crippen LogP contribution in [0.3, 0.4) is 0 Å². The lowest BCUT2D eigenvalue weighted by Gasteiger charge is -2.31. The predicted octanol–water partition coefficient (Wildman–Crippen LogP) is 6.41. The molecule has 3 nitrogen and oxygen atoms in total. The molecule has 0 bridgehead atoms. The number of ether oxygens (including phenoxy) is 1. The van der Waals surface area contributed by atoms with Gasteiger partial charge in [0.15, 0.2) is 0 Å². The maximum Gasteiger partial charge on any atom is 0.323 e. The van der Waals surface area contributed by atoms with E-state index in [1.54, 1.807) is 0 Å². The molecule has 0 amide bonds. The molecule has 0 N–H and O–H groups in total. The zero-order valence-electron chi connectivity index (χ0n) is 18.0. The number of unbranched alkanes of at least 4 members (excludes halogenated alkanes) is 1. The van der Waals surface area contributed by atoms with Crippen LogP contribution in [0.2, 0.25) is 0 Å². The SMILES string of the molecule is CCCCOC(=O)[C@H](Cc1ccccc1Br)N(Cc1ccccc1)Cc1ccccc1. The van der Waals surface area contributed by atoms with Gasteiger partial charge in [-0.15, -0.1) is 0 Å². The molecule has 31 heavy (non-hydrogen) atoms. The molecule has 0 saturated heterocycles. The highest BCUT2D eigenvalue weighted by molar-refractivity contribution is 9.10. The Labute approximate surface area is 194 Å². The normalized spacial score (nSPS) is 12.0. The Kier molecular flexibility index (Phi) is 9.32. The van der Waals surface area contributed by atoms with Gasteiger partial charge in [0.05, 0.1) is 6.61 Å². The molecule has 0 heterocycles. The smallest absolute Gasteiger partial charge is 0.323 e. The van der Waals surface area contributed by atoms with Gasteiger partial charge in [0.2, 0.25) is 0 Å². The summed E-state index contributed by atoms with van der Waals surface area (Å²) in [6.07, 6.45) is 2.47. The number of halogens is 1. The monoisotopic (exact) mass is 479 g/mol. The van der Waals surface area contributed by atoms with Gasteiger partial charge in [-0.3, -0.25) is 9.69 Å². The van der Waals surface area contributed by atoms with Gasteiger partial charge < -0.3 is 4.74 Å². The Balaban J connectivity index is 1.91. The van der Waals surface area contributed by atoms with Gasteiger partial charge in [0.1, 0.15) is 6.04 Å². The van der Waals surface area contributed by atoms with E-state index in [9.17, 15) is 4.79 Å². The summed E-state index contributed by atoms with van der Waals surface area (Å²) in [4.78, 5) is 15.5. The van der Waals surface area contributed by atoms with E-state index in [4.69, 9.17) is 4.74 Å². The summed E-state index contributed by atoms with van der Waals surface area (Å²) in [5, 5.41) is 0. The van der Waals surface area contributed by atoms with Gasteiger partial charge in [-0.1, -0.05) is 108 Å². The maximum atomic E-state index is 13.3. The van der Waals surface area contributed by atoms with Crippen LogP contribution in [0.4, 0.5) is 0 Å². The first-order valence-corrected chi connectivity index (χ1v) is 11.7. The van der Waals surface area contributed by atoms with Crippen LogP contribution in [-0.2, 0) is 29.0 Å². The molecule has 3 aromatic carbocycles. The molecule has 4 heteroatoms.